The number of nitrogens with zero attached hydrogens (tertiary/aromatic N) is 1. The predicted octanol–water partition coefficient (Wildman–Crippen LogP) is 2.08. The lowest BCUT2D eigenvalue weighted by Gasteiger charge is -2.37. The Morgan fingerprint density at radius 1 is 1.45 bits per heavy atom. The number of carboxylic acid groups (broad SMARTS) is 1. The molecule has 1 heterocycles. The molecule has 108 valence electrons. The van der Waals surface area contributed by atoms with Gasteiger partial charge in [0.15, 0.2) is 0 Å². The van der Waals surface area contributed by atoms with E-state index in [1.54, 1.807) is 7.05 Å². The van der Waals surface area contributed by atoms with Gasteiger partial charge in [-0.15, -0.1) is 0 Å². The molecule has 0 spiro atoms. The van der Waals surface area contributed by atoms with Crippen molar-refractivity contribution in [2.75, 3.05) is 13.7 Å². The fourth-order valence-electron chi connectivity index (χ4n) is 2.73. The Kier molecular flexibility index (Phi) is 4.27. The third-order valence-corrected chi connectivity index (χ3v) is 3.72. The normalized spacial score (nSPS) is 22.7. The maximum absolute atomic E-state index is 11.9. The fourth-order valence-corrected chi connectivity index (χ4v) is 2.73. The van der Waals surface area contributed by atoms with Crippen LogP contribution in [-0.2, 0) is 9.59 Å². The summed E-state index contributed by atoms with van der Waals surface area (Å²) in [5, 5.41) is 9.42. The van der Waals surface area contributed by atoms with Crippen molar-refractivity contribution in [2.24, 2.45) is 5.92 Å². The number of ether oxygens (including phenoxy) is 1. The second-order valence-corrected chi connectivity index (χ2v) is 4.90. The van der Waals surface area contributed by atoms with Crippen LogP contribution in [0.3, 0.4) is 0 Å². The molecule has 1 saturated heterocycles. The Morgan fingerprint density at radius 2 is 2.15 bits per heavy atom. The molecule has 1 amide bonds. The van der Waals surface area contributed by atoms with Crippen molar-refractivity contribution < 1.29 is 19.4 Å². The van der Waals surface area contributed by atoms with Crippen molar-refractivity contribution in [1.82, 2.24) is 4.90 Å². The summed E-state index contributed by atoms with van der Waals surface area (Å²) < 4.78 is 5.57. The zero-order chi connectivity index (χ0) is 14.7. The molecular formula is C15H19NO4. The zero-order valence-corrected chi connectivity index (χ0v) is 11.7. The third-order valence-electron chi connectivity index (χ3n) is 3.72. The molecule has 5 nitrogen and oxygen atoms in total. The van der Waals surface area contributed by atoms with Gasteiger partial charge in [-0.05, 0) is 19.4 Å². The van der Waals surface area contributed by atoms with Crippen LogP contribution in [-0.4, -0.2) is 35.5 Å². The Hall–Kier alpha value is -2.04. The van der Waals surface area contributed by atoms with Crippen LogP contribution >= 0.6 is 0 Å². The summed E-state index contributed by atoms with van der Waals surface area (Å²) in [6.07, 6.45) is 0.643. The Labute approximate surface area is 118 Å². The van der Waals surface area contributed by atoms with Gasteiger partial charge in [-0.3, -0.25) is 9.59 Å². The molecule has 1 aromatic carbocycles. The largest absolute Gasteiger partial charge is 0.494 e. The zero-order valence-electron chi connectivity index (χ0n) is 11.7. The number of carboxylic acids is 1. The summed E-state index contributed by atoms with van der Waals surface area (Å²) in [7, 11) is 1.66. The molecule has 0 aromatic heterocycles. The summed E-state index contributed by atoms with van der Waals surface area (Å²) in [4.78, 5) is 24.9. The minimum absolute atomic E-state index is 0.0289. The highest BCUT2D eigenvalue weighted by molar-refractivity contribution is 5.81. The molecule has 20 heavy (non-hydrogen) atoms. The number of hydrogen-bond acceptors (Lipinski definition) is 3. The molecule has 0 aliphatic carbocycles. The van der Waals surface area contributed by atoms with Crippen molar-refractivity contribution in [3.8, 4) is 5.75 Å². The van der Waals surface area contributed by atoms with Gasteiger partial charge in [-0.25, -0.2) is 0 Å². The lowest BCUT2D eigenvalue weighted by atomic mass is 9.84. The first-order valence-corrected chi connectivity index (χ1v) is 6.76. The van der Waals surface area contributed by atoms with Crippen LogP contribution in [0.25, 0.3) is 0 Å². The van der Waals surface area contributed by atoms with Gasteiger partial charge in [-0.1, -0.05) is 18.2 Å². The monoisotopic (exact) mass is 277 g/mol. The molecule has 0 radical (unpaired) electrons. The van der Waals surface area contributed by atoms with E-state index in [9.17, 15) is 14.7 Å². The number of carbonyl (C=O) groups is 2. The number of piperidine rings is 1. The molecule has 5 heteroatoms. The third kappa shape index (κ3) is 2.61. The minimum atomic E-state index is -0.874. The van der Waals surface area contributed by atoms with E-state index < -0.39 is 17.9 Å². The molecule has 2 atom stereocenters. The average Bonchev–Trinajstić information content (AvgIpc) is 2.42. The van der Waals surface area contributed by atoms with Gasteiger partial charge < -0.3 is 14.7 Å². The first kappa shape index (κ1) is 14.4. The van der Waals surface area contributed by atoms with Crippen LogP contribution in [0, 0.1) is 5.92 Å². The lowest BCUT2D eigenvalue weighted by molar-refractivity contribution is -0.150. The summed E-state index contributed by atoms with van der Waals surface area (Å²) in [5.41, 5.74) is 0.761. The van der Waals surface area contributed by atoms with Crippen LogP contribution in [0.4, 0.5) is 0 Å². The first-order valence-electron chi connectivity index (χ1n) is 6.76. The molecule has 2 rings (SSSR count). The number of carbonyl (C=O) groups excluding carboxylic acids is 1. The van der Waals surface area contributed by atoms with Crippen molar-refractivity contribution in [3.63, 3.8) is 0 Å². The van der Waals surface area contributed by atoms with E-state index in [-0.39, 0.29) is 12.3 Å². The molecule has 1 aliphatic rings. The number of benzene rings is 1. The Balaban J connectivity index is 2.44. The quantitative estimate of drug-likeness (QED) is 0.915. The van der Waals surface area contributed by atoms with E-state index in [1.807, 2.05) is 31.2 Å². The van der Waals surface area contributed by atoms with E-state index >= 15 is 0 Å². The van der Waals surface area contributed by atoms with Crippen molar-refractivity contribution >= 4 is 11.9 Å². The second kappa shape index (κ2) is 5.94. The van der Waals surface area contributed by atoms with E-state index in [0.717, 1.165) is 5.56 Å². The van der Waals surface area contributed by atoms with Gasteiger partial charge in [0.1, 0.15) is 5.75 Å². The summed E-state index contributed by atoms with van der Waals surface area (Å²) in [6, 6.07) is 6.85. The van der Waals surface area contributed by atoms with Crippen LogP contribution in [0.5, 0.6) is 5.75 Å². The average molecular weight is 277 g/mol. The topological polar surface area (TPSA) is 66.8 Å². The van der Waals surface area contributed by atoms with Gasteiger partial charge >= 0.3 is 5.97 Å². The van der Waals surface area contributed by atoms with Gasteiger partial charge in [-0.2, -0.15) is 0 Å². The highest BCUT2D eigenvalue weighted by Gasteiger charge is 2.40. The maximum Gasteiger partial charge on any atom is 0.308 e. The molecule has 1 aromatic rings. The Bertz CT molecular complexity index is 514. The minimum Gasteiger partial charge on any atom is -0.494 e. The maximum atomic E-state index is 11.9. The second-order valence-electron chi connectivity index (χ2n) is 4.90. The van der Waals surface area contributed by atoms with Gasteiger partial charge in [0.2, 0.25) is 5.91 Å². The van der Waals surface area contributed by atoms with Gasteiger partial charge in [0.25, 0.3) is 0 Å². The van der Waals surface area contributed by atoms with Crippen molar-refractivity contribution in [1.29, 1.82) is 0 Å². The molecule has 0 saturated carbocycles. The SMILES string of the molecule is CCOc1ccccc1[C@H]1[C@H](C(=O)O)CCC(=O)N1C. The predicted molar refractivity (Wildman–Crippen MR) is 73.5 cm³/mol. The van der Waals surface area contributed by atoms with E-state index in [4.69, 9.17) is 4.74 Å². The molecule has 1 aliphatic heterocycles. The van der Waals surface area contributed by atoms with Crippen molar-refractivity contribution in [3.05, 3.63) is 29.8 Å². The lowest BCUT2D eigenvalue weighted by Crippen LogP contribution is -2.43. The fraction of sp³-hybridized carbons (Fsp3) is 0.467. The van der Waals surface area contributed by atoms with Crippen LogP contribution in [0.15, 0.2) is 24.3 Å². The number of hydrogen-bond donors (Lipinski definition) is 1. The molecule has 1 fully saturated rings. The number of aliphatic carboxylic acids is 1. The number of para-hydroxylation sites is 1. The van der Waals surface area contributed by atoms with E-state index in [1.165, 1.54) is 4.90 Å². The smallest absolute Gasteiger partial charge is 0.308 e. The Morgan fingerprint density at radius 3 is 2.80 bits per heavy atom. The van der Waals surface area contributed by atoms with Crippen molar-refractivity contribution in [2.45, 2.75) is 25.8 Å². The molecule has 0 unspecified atom stereocenters. The van der Waals surface area contributed by atoms with Crippen LogP contribution in [0.2, 0.25) is 0 Å². The first-order chi connectivity index (χ1) is 9.56. The number of amides is 1. The van der Waals surface area contributed by atoms with E-state index in [2.05, 4.69) is 0 Å². The molecule has 1 N–H and O–H groups in total. The highest BCUT2D eigenvalue weighted by Crippen LogP contribution is 2.39. The summed E-state index contributed by atoms with van der Waals surface area (Å²) in [6.45, 7) is 2.38. The standard InChI is InChI=1S/C15H19NO4/c1-3-20-12-7-5-4-6-10(12)14-11(15(18)19)8-9-13(17)16(14)2/h4-7,11,14H,3,8-9H2,1-2H3,(H,18,19)/t11-,14+/m1/s1. The number of likely N-dealkylation sites (tertiary alicyclic amines) is 1. The number of rotatable bonds is 4. The van der Waals surface area contributed by atoms with Crippen LogP contribution in [0.1, 0.15) is 31.4 Å². The van der Waals surface area contributed by atoms with Gasteiger partial charge in [0.05, 0.1) is 18.6 Å². The van der Waals surface area contributed by atoms with E-state index in [0.29, 0.717) is 18.8 Å². The van der Waals surface area contributed by atoms with Gasteiger partial charge in [0, 0.05) is 19.0 Å². The summed E-state index contributed by atoms with van der Waals surface area (Å²) in [5.74, 6) is -0.855. The molecule has 0 bridgehead atoms. The highest BCUT2D eigenvalue weighted by atomic mass is 16.5. The van der Waals surface area contributed by atoms with Crippen LogP contribution < -0.4 is 4.74 Å². The summed E-state index contributed by atoms with van der Waals surface area (Å²) >= 11 is 0. The molecular weight excluding hydrogens is 258 g/mol.